The van der Waals surface area contributed by atoms with Crippen molar-refractivity contribution in [3.8, 4) is 11.5 Å². The van der Waals surface area contributed by atoms with Crippen LogP contribution in [-0.2, 0) is 7.05 Å². The number of hydrogen-bond acceptors (Lipinski definition) is 6. The Bertz CT molecular complexity index is 1130. The van der Waals surface area contributed by atoms with Crippen molar-refractivity contribution in [1.82, 2.24) is 25.0 Å². The van der Waals surface area contributed by atoms with Crippen molar-refractivity contribution in [1.29, 1.82) is 0 Å². The number of amides is 1. The molecule has 0 radical (unpaired) electrons. The molecular weight excluding hydrogens is 386 g/mol. The van der Waals surface area contributed by atoms with Crippen LogP contribution in [0, 0.1) is 6.92 Å². The van der Waals surface area contributed by atoms with Gasteiger partial charge in [-0.05, 0) is 50.7 Å². The lowest BCUT2D eigenvalue weighted by atomic mass is 10.1. The van der Waals surface area contributed by atoms with Gasteiger partial charge in [-0.15, -0.1) is 11.3 Å². The number of aromatic nitrogens is 3. The second-order valence-electron chi connectivity index (χ2n) is 7.14. The average molecular weight is 410 g/mol. The molecule has 0 aliphatic heterocycles. The minimum atomic E-state index is -0.148. The van der Waals surface area contributed by atoms with E-state index in [1.807, 2.05) is 40.2 Å². The monoisotopic (exact) mass is 409 g/mol. The number of rotatable bonds is 6. The number of thiophene rings is 1. The maximum atomic E-state index is 13.2. The molecule has 4 rings (SSSR count). The number of hydrogen-bond donors (Lipinski definition) is 1. The molecule has 8 heteroatoms. The highest BCUT2D eigenvalue weighted by molar-refractivity contribution is 7.10. The number of fused-ring (bicyclic) bond motifs is 1. The molecule has 29 heavy (non-hydrogen) atoms. The zero-order valence-corrected chi connectivity index (χ0v) is 17.7. The molecule has 0 aliphatic rings. The summed E-state index contributed by atoms with van der Waals surface area (Å²) < 4.78 is 7.20. The van der Waals surface area contributed by atoms with Crippen molar-refractivity contribution >= 4 is 28.3 Å². The van der Waals surface area contributed by atoms with Gasteiger partial charge in [0, 0.05) is 18.5 Å². The molecule has 150 valence electrons. The van der Waals surface area contributed by atoms with Crippen molar-refractivity contribution in [3.05, 3.63) is 58.1 Å². The summed E-state index contributed by atoms with van der Waals surface area (Å²) in [5.74, 6) is 0.467. The van der Waals surface area contributed by atoms with Gasteiger partial charge < -0.3 is 14.6 Å². The fourth-order valence-electron chi connectivity index (χ4n) is 3.48. The van der Waals surface area contributed by atoms with E-state index < -0.39 is 0 Å². The molecule has 0 saturated heterocycles. The van der Waals surface area contributed by atoms with Crippen LogP contribution in [-0.4, -0.2) is 46.2 Å². The van der Waals surface area contributed by atoms with Gasteiger partial charge in [-0.2, -0.15) is 5.10 Å². The number of carbonyl (C=O) groups is 1. The Morgan fingerprint density at radius 3 is 2.83 bits per heavy atom. The second-order valence-corrected chi connectivity index (χ2v) is 8.12. The zero-order chi connectivity index (χ0) is 20.5. The molecule has 0 aromatic carbocycles. The van der Waals surface area contributed by atoms with E-state index in [4.69, 9.17) is 4.42 Å². The number of carbonyl (C=O) groups excluding carboxylic acids is 1. The van der Waals surface area contributed by atoms with Crippen LogP contribution in [0.4, 0.5) is 0 Å². The highest BCUT2D eigenvalue weighted by Crippen LogP contribution is 2.27. The number of aryl methyl sites for hydroxylation is 2. The summed E-state index contributed by atoms with van der Waals surface area (Å²) in [6.45, 7) is 2.40. The van der Waals surface area contributed by atoms with Crippen molar-refractivity contribution in [2.45, 2.75) is 13.0 Å². The van der Waals surface area contributed by atoms with Crippen molar-refractivity contribution in [3.63, 3.8) is 0 Å². The molecule has 0 spiro atoms. The molecule has 1 N–H and O–H groups in total. The molecule has 0 fully saturated rings. The first-order chi connectivity index (χ1) is 14.0. The zero-order valence-electron chi connectivity index (χ0n) is 16.8. The van der Waals surface area contributed by atoms with Crippen LogP contribution < -0.4 is 5.32 Å². The third kappa shape index (κ3) is 3.68. The number of nitrogens with one attached hydrogen (secondary N) is 1. The topological polar surface area (TPSA) is 76.2 Å². The van der Waals surface area contributed by atoms with Crippen LogP contribution in [0.5, 0.6) is 0 Å². The fourth-order valence-corrected chi connectivity index (χ4v) is 4.40. The lowest BCUT2D eigenvalue weighted by Crippen LogP contribution is -2.34. The summed E-state index contributed by atoms with van der Waals surface area (Å²) in [7, 11) is 5.86. The molecular formula is C21H23N5O2S. The molecule has 1 atom stereocenters. The van der Waals surface area contributed by atoms with Crippen molar-refractivity contribution < 1.29 is 9.21 Å². The summed E-state index contributed by atoms with van der Waals surface area (Å²) in [4.78, 5) is 21.2. The molecule has 0 bridgehead atoms. The van der Waals surface area contributed by atoms with Crippen molar-refractivity contribution in [2.75, 3.05) is 20.6 Å². The molecule has 4 aromatic heterocycles. The van der Waals surface area contributed by atoms with E-state index in [2.05, 4.69) is 31.7 Å². The van der Waals surface area contributed by atoms with E-state index in [-0.39, 0.29) is 11.9 Å². The van der Waals surface area contributed by atoms with E-state index in [1.54, 1.807) is 34.4 Å². The summed E-state index contributed by atoms with van der Waals surface area (Å²) in [5, 5.41) is 10.4. The third-order valence-electron chi connectivity index (χ3n) is 4.94. The second kappa shape index (κ2) is 7.81. The summed E-state index contributed by atoms with van der Waals surface area (Å²) in [5.41, 5.74) is 2.59. The minimum Gasteiger partial charge on any atom is -0.463 e. The van der Waals surface area contributed by atoms with E-state index >= 15 is 0 Å². The first kappa shape index (κ1) is 19.4. The third-order valence-corrected chi connectivity index (χ3v) is 5.91. The predicted molar refractivity (Wildman–Crippen MR) is 114 cm³/mol. The average Bonchev–Trinajstić information content (AvgIpc) is 3.44. The summed E-state index contributed by atoms with van der Waals surface area (Å²) in [6, 6.07) is 9.64. The maximum absolute atomic E-state index is 13.2. The summed E-state index contributed by atoms with van der Waals surface area (Å²) >= 11 is 1.69. The Labute approximate surface area is 173 Å². The van der Waals surface area contributed by atoms with Gasteiger partial charge in [0.05, 0.1) is 28.9 Å². The SMILES string of the molecule is Cc1nn(C)c2nc(-c3ccco3)cc(C(=O)NCC(c3cccs3)N(C)C)c12. The molecule has 0 aliphatic carbocycles. The number of pyridine rings is 1. The number of likely N-dealkylation sites (N-methyl/N-ethyl adjacent to an activating group) is 1. The first-order valence-corrected chi connectivity index (χ1v) is 10.2. The number of furan rings is 1. The van der Waals surface area contributed by atoms with E-state index in [0.717, 1.165) is 11.1 Å². The highest BCUT2D eigenvalue weighted by Gasteiger charge is 2.22. The van der Waals surface area contributed by atoms with Crippen LogP contribution >= 0.6 is 11.3 Å². The van der Waals surface area contributed by atoms with Crippen LogP contribution in [0.2, 0.25) is 0 Å². The Balaban J connectivity index is 1.69. The highest BCUT2D eigenvalue weighted by atomic mass is 32.1. The Hall–Kier alpha value is -2.97. The van der Waals surface area contributed by atoms with Crippen LogP contribution in [0.1, 0.15) is 27.0 Å². The first-order valence-electron chi connectivity index (χ1n) is 9.32. The lowest BCUT2D eigenvalue weighted by Gasteiger charge is -2.23. The molecule has 4 heterocycles. The summed E-state index contributed by atoms with van der Waals surface area (Å²) in [6.07, 6.45) is 1.60. The van der Waals surface area contributed by atoms with Crippen LogP contribution in [0.25, 0.3) is 22.5 Å². The fraction of sp³-hybridized carbons (Fsp3) is 0.286. The quantitative estimate of drug-likeness (QED) is 0.526. The maximum Gasteiger partial charge on any atom is 0.252 e. The molecule has 4 aromatic rings. The number of nitrogens with zero attached hydrogens (tertiary/aromatic N) is 4. The van der Waals surface area contributed by atoms with Gasteiger partial charge in [-0.3, -0.25) is 9.48 Å². The molecule has 7 nitrogen and oxygen atoms in total. The molecule has 1 amide bonds. The standard InChI is InChI=1S/C21H23N5O2S/c1-13-19-14(21(27)22-12-16(25(2)3)18-8-6-10-29-18)11-15(17-7-5-9-28-17)23-20(19)26(4)24-13/h5-11,16H,12H2,1-4H3,(H,22,27). The minimum absolute atomic E-state index is 0.107. The van der Waals surface area contributed by atoms with Crippen LogP contribution in [0.3, 0.4) is 0 Å². The predicted octanol–water partition coefficient (Wildman–Crippen LogP) is 3.63. The molecule has 1 unspecified atom stereocenters. The largest absolute Gasteiger partial charge is 0.463 e. The molecule has 0 saturated carbocycles. The lowest BCUT2D eigenvalue weighted by molar-refractivity contribution is 0.0944. The van der Waals surface area contributed by atoms with E-state index in [1.165, 1.54) is 4.88 Å². The van der Waals surface area contributed by atoms with Gasteiger partial charge in [0.2, 0.25) is 0 Å². The Kier molecular flexibility index (Phi) is 5.21. The smallest absolute Gasteiger partial charge is 0.252 e. The van der Waals surface area contributed by atoms with E-state index in [9.17, 15) is 4.79 Å². The van der Waals surface area contributed by atoms with Gasteiger partial charge in [-0.25, -0.2) is 4.98 Å². The normalized spacial score (nSPS) is 12.6. The van der Waals surface area contributed by atoms with Crippen molar-refractivity contribution in [2.24, 2.45) is 7.05 Å². The van der Waals surface area contributed by atoms with Crippen LogP contribution in [0.15, 0.2) is 46.4 Å². The van der Waals surface area contributed by atoms with Gasteiger partial charge in [0.25, 0.3) is 5.91 Å². The Morgan fingerprint density at radius 1 is 1.34 bits per heavy atom. The Morgan fingerprint density at radius 2 is 2.17 bits per heavy atom. The van der Waals surface area contributed by atoms with Gasteiger partial charge in [-0.1, -0.05) is 6.07 Å². The van der Waals surface area contributed by atoms with Gasteiger partial charge in [0.15, 0.2) is 11.4 Å². The van der Waals surface area contributed by atoms with Gasteiger partial charge in [0.1, 0.15) is 5.69 Å². The van der Waals surface area contributed by atoms with E-state index in [0.29, 0.717) is 29.2 Å². The van der Waals surface area contributed by atoms with Gasteiger partial charge >= 0.3 is 0 Å².